The van der Waals surface area contributed by atoms with E-state index < -0.39 is 0 Å². The fraction of sp³-hybridized carbons (Fsp3) is 0.333. The normalized spacial score (nSPS) is 16.8. The Bertz CT molecular complexity index is 1050. The number of tetrazole rings is 1. The molecular formula is C21H24N8. The predicted molar refractivity (Wildman–Crippen MR) is 112 cm³/mol. The Balaban J connectivity index is 1.33. The number of aromatic amines is 1. The lowest BCUT2D eigenvalue weighted by atomic mass is 10.2. The number of hydrogen-bond donors (Lipinski definition) is 1. The zero-order chi connectivity index (χ0) is 19.6. The molecule has 2 aromatic heterocycles. The third-order valence-electron chi connectivity index (χ3n) is 5.62. The Hall–Kier alpha value is -3.26. The van der Waals surface area contributed by atoms with Gasteiger partial charge in [0.05, 0.1) is 22.8 Å². The number of imidazole rings is 1. The maximum Gasteiger partial charge on any atom is 0.203 e. The third kappa shape index (κ3) is 3.47. The molecule has 1 N–H and O–H groups in total. The van der Waals surface area contributed by atoms with Crippen LogP contribution in [0.3, 0.4) is 0 Å². The van der Waals surface area contributed by atoms with E-state index in [0.717, 1.165) is 61.1 Å². The molecule has 0 radical (unpaired) electrons. The third-order valence-corrected chi connectivity index (χ3v) is 5.62. The molecule has 8 nitrogen and oxygen atoms in total. The summed E-state index contributed by atoms with van der Waals surface area (Å²) in [4.78, 5) is 13.0. The molecule has 0 amide bonds. The van der Waals surface area contributed by atoms with Gasteiger partial charge in [-0.25, -0.2) is 4.98 Å². The van der Waals surface area contributed by atoms with Gasteiger partial charge in [0.25, 0.3) is 0 Å². The van der Waals surface area contributed by atoms with Crippen LogP contribution in [-0.4, -0.2) is 61.3 Å². The zero-order valence-electron chi connectivity index (χ0n) is 16.4. The quantitative estimate of drug-likeness (QED) is 0.579. The second-order valence-corrected chi connectivity index (χ2v) is 7.41. The summed E-state index contributed by atoms with van der Waals surface area (Å²) in [6.45, 7) is 6.01. The van der Waals surface area contributed by atoms with Crippen LogP contribution in [0.15, 0.2) is 54.6 Å². The molecule has 0 spiro atoms. The second-order valence-electron chi connectivity index (χ2n) is 7.41. The lowest BCUT2D eigenvalue weighted by molar-refractivity contribution is 0.215. The smallest absolute Gasteiger partial charge is 0.203 e. The van der Waals surface area contributed by atoms with Gasteiger partial charge in [-0.2, -0.15) is 4.68 Å². The van der Waals surface area contributed by atoms with Gasteiger partial charge in [-0.15, -0.1) is 5.10 Å². The first-order valence-corrected chi connectivity index (χ1v) is 10.1. The fourth-order valence-electron chi connectivity index (χ4n) is 4.00. The van der Waals surface area contributed by atoms with E-state index in [1.54, 1.807) is 0 Å². The van der Waals surface area contributed by atoms with E-state index in [1.165, 1.54) is 0 Å². The number of fused-ring (bicyclic) bond motifs is 1. The Morgan fingerprint density at radius 1 is 0.931 bits per heavy atom. The molecule has 148 valence electrons. The van der Waals surface area contributed by atoms with Crippen molar-refractivity contribution >= 4 is 17.0 Å². The van der Waals surface area contributed by atoms with Crippen LogP contribution in [0.5, 0.6) is 0 Å². The van der Waals surface area contributed by atoms with E-state index in [-0.39, 0.29) is 6.04 Å². The van der Waals surface area contributed by atoms with Crippen LogP contribution in [0.1, 0.15) is 25.2 Å². The van der Waals surface area contributed by atoms with Crippen LogP contribution in [0, 0.1) is 0 Å². The number of benzene rings is 2. The summed E-state index contributed by atoms with van der Waals surface area (Å²) < 4.78 is 1.84. The largest absolute Gasteiger partial charge is 0.341 e. The van der Waals surface area contributed by atoms with Gasteiger partial charge in [0, 0.05) is 26.2 Å². The van der Waals surface area contributed by atoms with Gasteiger partial charge in [-0.1, -0.05) is 30.3 Å². The summed E-state index contributed by atoms with van der Waals surface area (Å²) in [5.41, 5.74) is 3.08. The van der Waals surface area contributed by atoms with Crippen molar-refractivity contribution in [3.63, 3.8) is 0 Å². The number of rotatable bonds is 4. The van der Waals surface area contributed by atoms with Crippen LogP contribution >= 0.6 is 0 Å². The highest BCUT2D eigenvalue weighted by atomic mass is 15.6. The van der Waals surface area contributed by atoms with Gasteiger partial charge in [-0.3, -0.25) is 4.90 Å². The van der Waals surface area contributed by atoms with E-state index in [2.05, 4.69) is 43.3 Å². The standard InChI is InChI=1S/C21H24N8/c1-16(20-24-25-26-29(20)17-8-3-2-4-9-17)27-12-7-13-28(15-14-27)21-22-18-10-5-6-11-19(18)23-21/h2-6,8-11,16H,7,12-15H2,1H3,(H,22,23). The van der Waals surface area contributed by atoms with E-state index in [1.807, 2.05) is 53.2 Å². The van der Waals surface area contributed by atoms with Gasteiger partial charge >= 0.3 is 0 Å². The number of para-hydroxylation sites is 3. The van der Waals surface area contributed by atoms with E-state index in [9.17, 15) is 0 Å². The van der Waals surface area contributed by atoms with Gasteiger partial charge in [0.2, 0.25) is 5.95 Å². The molecular weight excluding hydrogens is 364 g/mol. The van der Waals surface area contributed by atoms with Gasteiger partial charge in [-0.05, 0) is 48.0 Å². The highest BCUT2D eigenvalue weighted by Gasteiger charge is 2.25. The minimum Gasteiger partial charge on any atom is -0.341 e. The van der Waals surface area contributed by atoms with Crippen molar-refractivity contribution in [3.05, 3.63) is 60.4 Å². The highest BCUT2D eigenvalue weighted by Crippen LogP contribution is 2.23. The van der Waals surface area contributed by atoms with Crippen LogP contribution in [0.4, 0.5) is 5.95 Å². The Labute approximate surface area is 169 Å². The summed E-state index contributed by atoms with van der Waals surface area (Å²) >= 11 is 0. The monoisotopic (exact) mass is 388 g/mol. The molecule has 1 atom stereocenters. The molecule has 2 aromatic carbocycles. The lowest BCUT2D eigenvalue weighted by Crippen LogP contribution is -2.34. The summed E-state index contributed by atoms with van der Waals surface area (Å²) in [5, 5.41) is 12.5. The van der Waals surface area contributed by atoms with Gasteiger partial charge < -0.3 is 9.88 Å². The number of anilines is 1. The van der Waals surface area contributed by atoms with Crippen molar-refractivity contribution in [3.8, 4) is 5.69 Å². The number of nitrogens with zero attached hydrogens (tertiary/aromatic N) is 7. The number of nitrogens with one attached hydrogen (secondary N) is 1. The van der Waals surface area contributed by atoms with Crippen molar-refractivity contribution in [2.75, 3.05) is 31.1 Å². The van der Waals surface area contributed by atoms with Crippen molar-refractivity contribution < 1.29 is 0 Å². The Morgan fingerprint density at radius 2 is 1.76 bits per heavy atom. The Morgan fingerprint density at radius 3 is 2.62 bits per heavy atom. The first-order chi connectivity index (χ1) is 14.3. The average molecular weight is 388 g/mol. The fourth-order valence-corrected chi connectivity index (χ4v) is 4.00. The molecule has 4 aromatic rings. The summed E-state index contributed by atoms with van der Waals surface area (Å²) in [6, 6.07) is 18.4. The molecule has 1 fully saturated rings. The molecule has 0 bridgehead atoms. The van der Waals surface area contributed by atoms with Crippen LogP contribution in [-0.2, 0) is 0 Å². The Kier molecular flexibility index (Phi) is 4.69. The van der Waals surface area contributed by atoms with Crippen molar-refractivity contribution in [2.24, 2.45) is 0 Å². The maximum absolute atomic E-state index is 4.77. The van der Waals surface area contributed by atoms with E-state index in [0.29, 0.717) is 0 Å². The first-order valence-electron chi connectivity index (χ1n) is 10.1. The molecule has 0 aliphatic carbocycles. The minimum atomic E-state index is 0.126. The van der Waals surface area contributed by atoms with Crippen molar-refractivity contribution in [1.82, 2.24) is 35.1 Å². The highest BCUT2D eigenvalue weighted by molar-refractivity contribution is 5.77. The molecule has 1 aliphatic heterocycles. The van der Waals surface area contributed by atoms with Crippen molar-refractivity contribution in [1.29, 1.82) is 0 Å². The van der Waals surface area contributed by atoms with Crippen LogP contribution in [0.2, 0.25) is 0 Å². The van der Waals surface area contributed by atoms with Crippen LogP contribution in [0.25, 0.3) is 16.7 Å². The van der Waals surface area contributed by atoms with Crippen LogP contribution < -0.4 is 4.90 Å². The molecule has 29 heavy (non-hydrogen) atoms. The molecule has 3 heterocycles. The zero-order valence-corrected chi connectivity index (χ0v) is 16.4. The lowest BCUT2D eigenvalue weighted by Gasteiger charge is -2.26. The van der Waals surface area contributed by atoms with E-state index in [4.69, 9.17) is 4.98 Å². The topological polar surface area (TPSA) is 78.8 Å². The van der Waals surface area contributed by atoms with Gasteiger partial charge in [0.15, 0.2) is 5.82 Å². The number of H-pyrrole nitrogens is 1. The van der Waals surface area contributed by atoms with Gasteiger partial charge in [0.1, 0.15) is 0 Å². The van der Waals surface area contributed by atoms with Crippen molar-refractivity contribution in [2.45, 2.75) is 19.4 Å². The first kappa shape index (κ1) is 17.8. The maximum atomic E-state index is 4.77. The molecule has 1 unspecified atom stereocenters. The second kappa shape index (κ2) is 7.63. The molecule has 8 heteroatoms. The average Bonchev–Trinajstić information content (AvgIpc) is 3.35. The molecule has 1 saturated heterocycles. The minimum absolute atomic E-state index is 0.126. The molecule has 1 aliphatic rings. The van der Waals surface area contributed by atoms with E-state index >= 15 is 0 Å². The number of hydrogen-bond acceptors (Lipinski definition) is 6. The SMILES string of the molecule is CC(c1nnnn1-c1ccccc1)N1CCCN(c2nc3ccccc3[nH]2)CC1. The number of aromatic nitrogens is 6. The summed E-state index contributed by atoms with van der Waals surface area (Å²) in [5.74, 6) is 1.82. The molecule has 5 rings (SSSR count). The predicted octanol–water partition coefficient (Wildman–Crippen LogP) is 2.81. The summed E-state index contributed by atoms with van der Waals surface area (Å²) in [7, 11) is 0. The molecule has 0 saturated carbocycles. The summed E-state index contributed by atoms with van der Waals surface area (Å²) in [6.07, 6.45) is 1.06.